The maximum absolute atomic E-state index is 12.4. The molecule has 1 aromatic carbocycles. The number of benzene rings is 1. The summed E-state index contributed by atoms with van der Waals surface area (Å²) < 4.78 is 30.8. The summed E-state index contributed by atoms with van der Waals surface area (Å²) in [6.45, 7) is 6.18. The van der Waals surface area contributed by atoms with Gasteiger partial charge in [0.1, 0.15) is 0 Å². The molecule has 0 aliphatic carbocycles. The molecule has 0 saturated carbocycles. The summed E-state index contributed by atoms with van der Waals surface area (Å²) in [5.41, 5.74) is 1.23. The second-order valence-electron chi connectivity index (χ2n) is 7.02. The van der Waals surface area contributed by atoms with Crippen molar-refractivity contribution in [3.8, 4) is 0 Å². The van der Waals surface area contributed by atoms with Gasteiger partial charge in [-0.2, -0.15) is 0 Å². The smallest absolute Gasteiger partial charge is 0.247 e. The highest BCUT2D eigenvalue weighted by molar-refractivity contribution is 7.93. The van der Waals surface area contributed by atoms with Crippen molar-refractivity contribution in [3.05, 3.63) is 35.9 Å². The molecule has 2 fully saturated rings. The van der Waals surface area contributed by atoms with Crippen LogP contribution in [-0.2, 0) is 19.6 Å². The number of sulfonamides is 1. The molecule has 0 unspecified atom stereocenters. The molecule has 7 heteroatoms. The third-order valence-electron chi connectivity index (χ3n) is 4.61. The Morgan fingerprint density at radius 1 is 1.20 bits per heavy atom. The molecule has 6 nitrogen and oxygen atoms in total. The van der Waals surface area contributed by atoms with Crippen LogP contribution in [0.3, 0.4) is 0 Å². The van der Waals surface area contributed by atoms with Crippen LogP contribution in [-0.4, -0.2) is 56.8 Å². The van der Waals surface area contributed by atoms with Crippen molar-refractivity contribution in [2.24, 2.45) is 0 Å². The predicted molar refractivity (Wildman–Crippen MR) is 97.8 cm³/mol. The number of carbonyl (C=O) groups is 1. The minimum absolute atomic E-state index is 0.0421. The van der Waals surface area contributed by atoms with Crippen LogP contribution in [0.2, 0.25) is 0 Å². The minimum Gasteiger partial charge on any atom is -0.377 e. The van der Waals surface area contributed by atoms with E-state index in [1.54, 1.807) is 24.3 Å². The highest BCUT2D eigenvalue weighted by Crippen LogP contribution is 2.24. The fourth-order valence-corrected chi connectivity index (χ4v) is 4.77. The second-order valence-corrected chi connectivity index (χ2v) is 9.03. The summed E-state index contributed by atoms with van der Waals surface area (Å²) in [5, 5.41) is 0. The molecule has 0 bridgehead atoms. The van der Waals surface area contributed by atoms with Gasteiger partial charge in [-0.3, -0.25) is 9.10 Å². The second kappa shape index (κ2) is 6.80. The van der Waals surface area contributed by atoms with Gasteiger partial charge in [-0.15, -0.1) is 0 Å². The van der Waals surface area contributed by atoms with E-state index in [2.05, 4.69) is 0 Å². The van der Waals surface area contributed by atoms with E-state index in [0.29, 0.717) is 38.4 Å². The van der Waals surface area contributed by atoms with E-state index in [-0.39, 0.29) is 17.2 Å². The zero-order chi connectivity index (χ0) is 18.1. The molecule has 0 aromatic heterocycles. The lowest BCUT2D eigenvalue weighted by atomic mass is 10.0. The Hall–Kier alpha value is -1.86. The predicted octanol–water partition coefficient (Wildman–Crippen LogP) is 1.88. The van der Waals surface area contributed by atoms with E-state index in [1.165, 1.54) is 4.31 Å². The third-order valence-corrected chi connectivity index (χ3v) is 6.48. The molecule has 0 N–H and O–H groups in total. The summed E-state index contributed by atoms with van der Waals surface area (Å²) in [7, 11) is -3.16. The molecule has 2 saturated heterocycles. The first kappa shape index (κ1) is 17.9. The highest BCUT2D eigenvalue weighted by Gasteiger charge is 2.33. The van der Waals surface area contributed by atoms with E-state index in [4.69, 9.17) is 4.74 Å². The average Bonchev–Trinajstić information content (AvgIpc) is 2.92. The fraction of sp³-hybridized carbons (Fsp3) is 0.500. The monoisotopic (exact) mass is 364 g/mol. The Morgan fingerprint density at radius 2 is 1.92 bits per heavy atom. The number of carbonyl (C=O) groups excluding carboxylic acids is 1. The molecule has 2 aliphatic heterocycles. The summed E-state index contributed by atoms with van der Waals surface area (Å²) in [4.78, 5) is 14.3. The van der Waals surface area contributed by atoms with Crippen molar-refractivity contribution in [2.45, 2.75) is 25.8 Å². The van der Waals surface area contributed by atoms with Crippen LogP contribution in [0, 0.1) is 0 Å². The lowest BCUT2D eigenvalue weighted by Gasteiger charge is -2.41. The van der Waals surface area contributed by atoms with Crippen molar-refractivity contribution in [1.82, 2.24) is 4.90 Å². The van der Waals surface area contributed by atoms with Crippen LogP contribution in [0.4, 0.5) is 5.69 Å². The number of amides is 1. The first-order chi connectivity index (χ1) is 11.8. The van der Waals surface area contributed by atoms with Crippen molar-refractivity contribution in [1.29, 1.82) is 0 Å². The van der Waals surface area contributed by atoms with Gasteiger partial charge in [0.15, 0.2) is 0 Å². The van der Waals surface area contributed by atoms with Crippen LogP contribution >= 0.6 is 0 Å². The molecule has 136 valence electrons. The van der Waals surface area contributed by atoms with Gasteiger partial charge < -0.3 is 9.64 Å². The normalized spacial score (nSPS) is 22.5. The fourth-order valence-electron chi connectivity index (χ4n) is 3.21. The van der Waals surface area contributed by atoms with Crippen LogP contribution in [0.5, 0.6) is 0 Å². The zero-order valence-electron chi connectivity index (χ0n) is 14.6. The Kier molecular flexibility index (Phi) is 4.88. The third kappa shape index (κ3) is 3.88. The van der Waals surface area contributed by atoms with Gasteiger partial charge in [0.05, 0.1) is 30.2 Å². The Bertz CT molecular complexity index is 769. The topological polar surface area (TPSA) is 66.9 Å². The molecule has 1 aromatic rings. The number of anilines is 1. The molecule has 1 amide bonds. The summed E-state index contributed by atoms with van der Waals surface area (Å²) in [5.74, 6) is 0.165. The standard InChI is InChI=1S/C18H24N2O4S/c1-18(2)14-24-12-11-19(18)17(21)9-6-15-4-7-16(8-5-15)20-10-3-13-25(20,22)23/h4-9H,3,10-14H2,1-2H3/b9-6+. The molecule has 25 heavy (non-hydrogen) atoms. The number of ether oxygens (including phenoxy) is 1. The SMILES string of the molecule is CC1(C)COCCN1C(=O)/C=C/c1ccc(N2CCCS2(=O)=O)cc1. The van der Waals surface area contributed by atoms with Gasteiger partial charge in [-0.1, -0.05) is 12.1 Å². The summed E-state index contributed by atoms with van der Waals surface area (Å²) in [6.07, 6.45) is 3.98. The Morgan fingerprint density at radius 3 is 2.52 bits per heavy atom. The minimum atomic E-state index is -3.16. The van der Waals surface area contributed by atoms with Crippen LogP contribution < -0.4 is 4.31 Å². The van der Waals surface area contributed by atoms with E-state index < -0.39 is 10.0 Å². The van der Waals surface area contributed by atoms with Crippen molar-refractivity contribution < 1.29 is 17.9 Å². The lowest BCUT2D eigenvalue weighted by molar-refractivity contribution is -0.140. The maximum Gasteiger partial charge on any atom is 0.247 e. The lowest BCUT2D eigenvalue weighted by Crippen LogP contribution is -2.55. The molecular weight excluding hydrogens is 340 g/mol. The number of hydrogen-bond donors (Lipinski definition) is 0. The number of hydrogen-bond acceptors (Lipinski definition) is 4. The van der Waals surface area contributed by atoms with Gasteiger partial charge >= 0.3 is 0 Å². The van der Waals surface area contributed by atoms with E-state index in [0.717, 1.165) is 5.56 Å². The summed E-state index contributed by atoms with van der Waals surface area (Å²) in [6, 6.07) is 7.23. The van der Waals surface area contributed by atoms with Crippen LogP contribution in [0.25, 0.3) is 6.08 Å². The van der Waals surface area contributed by atoms with Gasteiger partial charge in [-0.05, 0) is 44.0 Å². The highest BCUT2D eigenvalue weighted by atomic mass is 32.2. The van der Waals surface area contributed by atoms with E-state index in [9.17, 15) is 13.2 Å². The van der Waals surface area contributed by atoms with Gasteiger partial charge in [-0.25, -0.2) is 8.42 Å². The number of morpholine rings is 1. The van der Waals surface area contributed by atoms with Crippen molar-refractivity contribution in [3.63, 3.8) is 0 Å². The number of rotatable bonds is 3. The maximum atomic E-state index is 12.4. The molecular formula is C18H24N2O4S. The molecule has 3 rings (SSSR count). The van der Waals surface area contributed by atoms with Crippen LogP contribution in [0.1, 0.15) is 25.8 Å². The number of nitrogens with zero attached hydrogens (tertiary/aromatic N) is 2. The Labute approximate surface area is 149 Å². The van der Waals surface area contributed by atoms with Gasteiger partial charge in [0, 0.05) is 19.2 Å². The van der Waals surface area contributed by atoms with Gasteiger partial charge in [0.2, 0.25) is 15.9 Å². The molecule has 2 aliphatic rings. The van der Waals surface area contributed by atoms with Crippen LogP contribution in [0.15, 0.2) is 30.3 Å². The molecule has 0 radical (unpaired) electrons. The quantitative estimate of drug-likeness (QED) is 0.768. The van der Waals surface area contributed by atoms with E-state index in [1.807, 2.05) is 30.9 Å². The zero-order valence-corrected chi connectivity index (χ0v) is 15.5. The Balaban J connectivity index is 1.69. The first-order valence-corrected chi connectivity index (χ1v) is 10.1. The molecule has 0 spiro atoms. The average molecular weight is 364 g/mol. The van der Waals surface area contributed by atoms with Gasteiger partial charge in [0.25, 0.3) is 0 Å². The van der Waals surface area contributed by atoms with Crippen molar-refractivity contribution >= 4 is 27.7 Å². The first-order valence-electron chi connectivity index (χ1n) is 8.47. The molecule has 2 heterocycles. The largest absolute Gasteiger partial charge is 0.377 e. The summed E-state index contributed by atoms with van der Waals surface area (Å²) >= 11 is 0. The van der Waals surface area contributed by atoms with Crippen molar-refractivity contribution in [2.75, 3.05) is 36.4 Å². The van der Waals surface area contributed by atoms with E-state index >= 15 is 0 Å². The molecule has 0 atom stereocenters.